The summed E-state index contributed by atoms with van der Waals surface area (Å²) in [4.78, 5) is 4.43. The fraction of sp³-hybridized carbons (Fsp3) is 0.333. The van der Waals surface area contributed by atoms with Crippen molar-refractivity contribution in [1.82, 2.24) is 25.7 Å². The van der Waals surface area contributed by atoms with Gasteiger partial charge in [-0.3, -0.25) is 5.32 Å². The lowest BCUT2D eigenvalue weighted by Gasteiger charge is -2.13. The maximum atomic E-state index is 5.41. The minimum absolute atomic E-state index is 0.102. The van der Waals surface area contributed by atoms with Gasteiger partial charge in [-0.15, -0.1) is 10.2 Å². The van der Waals surface area contributed by atoms with Gasteiger partial charge in [-0.1, -0.05) is 23.4 Å². The zero-order chi connectivity index (χ0) is 15.5. The largest absolute Gasteiger partial charge is 0.424 e. The van der Waals surface area contributed by atoms with Crippen LogP contribution in [0, 0.1) is 6.92 Å². The van der Waals surface area contributed by atoms with Crippen LogP contribution in [0.5, 0.6) is 0 Å². The predicted molar refractivity (Wildman–Crippen MR) is 78.7 cm³/mol. The van der Waals surface area contributed by atoms with E-state index in [1.807, 2.05) is 44.2 Å². The third-order valence-corrected chi connectivity index (χ3v) is 3.26. The number of hydrogen-bond acceptors (Lipinski definition) is 7. The Morgan fingerprint density at radius 3 is 2.50 bits per heavy atom. The highest BCUT2D eigenvalue weighted by atomic mass is 16.5. The highest BCUT2D eigenvalue weighted by Gasteiger charge is 2.20. The van der Waals surface area contributed by atoms with Crippen LogP contribution < -0.4 is 5.32 Å². The fourth-order valence-electron chi connectivity index (χ4n) is 2.12. The minimum Gasteiger partial charge on any atom is -0.424 e. The number of hydrogen-bond donors (Lipinski definition) is 1. The van der Waals surface area contributed by atoms with Crippen molar-refractivity contribution in [3.8, 4) is 11.5 Å². The Labute approximate surface area is 127 Å². The van der Waals surface area contributed by atoms with Crippen LogP contribution >= 0.6 is 0 Å². The topological polar surface area (TPSA) is 89.9 Å². The minimum atomic E-state index is -0.108. The molecule has 0 spiro atoms. The monoisotopic (exact) mass is 299 g/mol. The van der Waals surface area contributed by atoms with Crippen molar-refractivity contribution < 1.29 is 8.94 Å². The molecule has 0 aliphatic heterocycles. The quantitative estimate of drug-likeness (QED) is 0.774. The van der Waals surface area contributed by atoms with Crippen molar-refractivity contribution in [2.75, 3.05) is 0 Å². The number of nitrogens with one attached hydrogen (secondary N) is 1. The Kier molecular flexibility index (Phi) is 3.97. The van der Waals surface area contributed by atoms with Gasteiger partial charge in [0.05, 0.1) is 12.1 Å². The first-order valence-corrected chi connectivity index (χ1v) is 7.08. The van der Waals surface area contributed by atoms with E-state index in [4.69, 9.17) is 8.94 Å². The molecule has 114 valence electrons. The molecule has 22 heavy (non-hydrogen) atoms. The molecule has 2 aromatic heterocycles. The lowest BCUT2D eigenvalue weighted by Crippen LogP contribution is -2.23. The Bertz CT molecular complexity index is 737. The molecule has 0 fully saturated rings. The van der Waals surface area contributed by atoms with Crippen molar-refractivity contribution in [2.45, 2.75) is 32.9 Å². The maximum Gasteiger partial charge on any atom is 0.257 e. The SMILES string of the molecule is Cc1nnc([C@@H](C)N[C@@H](C)c2noc(-c3ccccc3)n2)o1. The predicted octanol–water partition coefficient (Wildman–Crippen LogP) is 2.84. The van der Waals surface area contributed by atoms with Crippen LogP contribution in [0.3, 0.4) is 0 Å². The van der Waals surface area contributed by atoms with Gasteiger partial charge in [-0.2, -0.15) is 4.98 Å². The smallest absolute Gasteiger partial charge is 0.257 e. The molecule has 0 amide bonds. The van der Waals surface area contributed by atoms with Crippen molar-refractivity contribution in [2.24, 2.45) is 0 Å². The molecule has 2 atom stereocenters. The van der Waals surface area contributed by atoms with Crippen LogP contribution in [0.25, 0.3) is 11.5 Å². The summed E-state index contributed by atoms with van der Waals surface area (Å²) in [5, 5.41) is 15.2. The molecule has 0 aliphatic rings. The molecule has 0 bridgehead atoms. The highest BCUT2D eigenvalue weighted by Crippen LogP contribution is 2.21. The van der Waals surface area contributed by atoms with E-state index in [9.17, 15) is 0 Å². The molecule has 0 saturated heterocycles. The van der Waals surface area contributed by atoms with Crippen molar-refractivity contribution in [3.05, 3.63) is 47.9 Å². The van der Waals surface area contributed by atoms with Crippen LogP contribution in [0.1, 0.15) is 43.5 Å². The summed E-state index contributed by atoms with van der Waals surface area (Å²) < 4.78 is 10.7. The normalized spacial score (nSPS) is 14.0. The number of rotatable bonds is 5. The van der Waals surface area contributed by atoms with E-state index in [2.05, 4.69) is 25.7 Å². The summed E-state index contributed by atoms with van der Waals surface area (Å²) in [5.41, 5.74) is 0.897. The number of aryl methyl sites for hydroxylation is 1. The molecular weight excluding hydrogens is 282 g/mol. The Morgan fingerprint density at radius 1 is 1.05 bits per heavy atom. The van der Waals surface area contributed by atoms with Gasteiger partial charge in [0.25, 0.3) is 5.89 Å². The molecule has 0 radical (unpaired) electrons. The summed E-state index contributed by atoms with van der Waals surface area (Å²) in [6.45, 7) is 5.67. The molecule has 3 rings (SSSR count). The standard InChI is InChI=1S/C15H17N5O2/c1-9(16-10(2)14-19-18-11(3)21-14)13-17-15(22-20-13)12-7-5-4-6-8-12/h4-10,16H,1-3H3/t9-,10+/m0/s1. The average molecular weight is 299 g/mol. The molecular formula is C15H17N5O2. The summed E-state index contributed by atoms with van der Waals surface area (Å²) in [6.07, 6.45) is 0. The fourth-order valence-corrected chi connectivity index (χ4v) is 2.12. The zero-order valence-electron chi connectivity index (χ0n) is 12.6. The number of nitrogens with zero attached hydrogens (tertiary/aromatic N) is 4. The van der Waals surface area contributed by atoms with E-state index in [0.29, 0.717) is 23.5 Å². The third kappa shape index (κ3) is 3.04. The second-order valence-electron chi connectivity index (χ2n) is 5.09. The lowest BCUT2D eigenvalue weighted by molar-refractivity contribution is 0.362. The van der Waals surface area contributed by atoms with Crippen LogP contribution in [0.4, 0.5) is 0 Å². The van der Waals surface area contributed by atoms with Crippen LogP contribution in [-0.4, -0.2) is 20.3 Å². The molecule has 0 saturated carbocycles. The number of aromatic nitrogens is 4. The highest BCUT2D eigenvalue weighted by molar-refractivity contribution is 5.52. The van der Waals surface area contributed by atoms with E-state index in [1.165, 1.54) is 0 Å². The maximum absolute atomic E-state index is 5.41. The van der Waals surface area contributed by atoms with E-state index in [0.717, 1.165) is 5.56 Å². The van der Waals surface area contributed by atoms with Gasteiger partial charge in [0.2, 0.25) is 11.8 Å². The lowest BCUT2D eigenvalue weighted by atomic mass is 10.2. The first-order chi connectivity index (χ1) is 10.6. The van der Waals surface area contributed by atoms with Gasteiger partial charge >= 0.3 is 0 Å². The van der Waals surface area contributed by atoms with Gasteiger partial charge in [0.1, 0.15) is 0 Å². The van der Waals surface area contributed by atoms with Gasteiger partial charge < -0.3 is 8.94 Å². The summed E-state index contributed by atoms with van der Waals surface area (Å²) >= 11 is 0. The molecule has 7 heteroatoms. The zero-order valence-corrected chi connectivity index (χ0v) is 12.6. The Balaban J connectivity index is 1.70. The molecule has 3 aromatic rings. The molecule has 1 aromatic carbocycles. The van der Waals surface area contributed by atoms with E-state index >= 15 is 0 Å². The summed E-state index contributed by atoms with van der Waals surface area (Å²) in [7, 11) is 0. The van der Waals surface area contributed by atoms with Crippen LogP contribution in [0.15, 0.2) is 39.3 Å². The average Bonchev–Trinajstić information content (AvgIpc) is 3.17. The van der Waals surface area contributed by atoms with Crippen molar-refractivity contribution in [3.63, 3.8) is 0 Å². The van der Waals surface area contributed by atoms with Crippen molar-refractivity contribution >= 4 is 0 Å². The molecule has 0 unspecified atom stereocenters. The Morgan fingerprint density at radius 2 is 1.82 bits per heavy atom. The molecule has 1 N–H and O–H groups in total. The first kappa shape index (κ1) is 14.4. The molecule has 2 heterocycles. The van der Waals surface area contributed by atoms with E-state index < -0.39 is 0 Å². The first-order valence-electron chi connectivity index (χ1n) is 7.08. The van der Waals surface area contributed by atoms with Gasteiger partial charge in [-0.05, 0) is 26.0 Å². The van der Waals surface area contributed by atoms with Gasteiger partial charge in [-0.25, -0.2) is 0 Å². The Hall–Kier alpha value is -2.54. The summed E-state index contributed by atoms with van der Waals surface area (Å²) in [6, 6.07) is 9.46. The molecule has 0 aliphatic carbocycles. The van der Waals surface area contributed by atoms with Gasteiger partial charge in [0.15, 0.2) is 5.82 Å². The second kappa shape index (κ2) is 6.07. The second-order valence-corrected chi connectivity index (χ2v) is 5.09. The van der Waals surface area contributed by atoms with Gasteiger partial charge in [0, 0.05) is 12.5 Å². The summed E-state index contributed by atoms with van der Waals surface area (Å²) in [5.74, 6) is 2.17. The van der Waals surface area contributed by atoms with Crippen molar-refractivity contribution in [1.29, 1.82) is 0 Å². The van der Waals surface area contributed by atoms with E-state index in [1.54, 1.807) is 6.92 Å². The number of benzene rings is 1. The molecule has 7 nitrogen and oxygen atoms in total. The van der Waals surface area contributed by atoms with Crippen LogP contribution in [0.2, 0.25) is 0 Å². The van der Waals surface area contributed by atoms with E-state index in [-0.39, 0.29) is 12.1 Å². The van der Waals surface area contributed by atoms with Crippen LogP contribution in [-0.2, 0) is 0 Å². The third-order valence-electron chi connectivity index (χ3n) is 3.26.